The summed E-state index contributed by atoms with van der Waals surface area (Å²) in [5.41, 5.74) is 9.15. The lowest BCUT2D eigenvalue weighted by Gasteiger charge is -2.20. The number of nitrogens with zero attached hydrogens (tertiary/aromatic N) is 3. The van der Waals surface area contributed by atoms with Crippen LogP contribution in [0.25, 0.3) is 21.9 Å². The Morgan fingerprint density at radius 1 is 1.31 bits per heavy atom. The molecule has 7 heteroatoms. The van der Waals surface area contributed by atoms with Crippen LogP contribution in [0.2, 0.25) is 0 Å². The molecule has 0 aliphatic carbocycles. The minimum atomic E-state index is -0.842. The van der Waals surface area contributed by atoms with Crippen LogP contribution in [0.3, 0.4) is 0 Å². The molecule has 0 saturated heterocycles. The summed E-state index contributed by atoms with van der Waals surface area (Å²) in [6.07, 6.45) is 3.72. The van der Waals surface area contributed by atoms with Crippen molar-refractivity contribution >= 4 is 39.7 Å². The molecule has 1 aromatic carbocycles. The molecular formula is C19H27N5OS. The number of hydrogen-bond acceptors (Lipinski definition) is 6. The monoisotopic (exact) mass is 373 g/mol. The number of nitrogens with one attached hydrogen (secondary N) is 1. The summed E-state index contributed by atoms with van der Waals surface area (Å²) in [5, 5.41) is 11.4. The first-order valence-corrected chi connectivity index (χ1v) is 10.1. The molecule has 0 amide bonds. The van der Waals surface area contributed by atoms with Crippen molar-refractivity contribution in [2.24, 2.45) is 0 Å². The number of aryl methyl sites for hydroxylation is 1. The second-order valence-corrected chi connectivity index (χ2v) is 7.87. The van der Waals surface area contributed by atoms with Crippen LogP contribution in [-0.4, -0.2) is 38.0 Å². The average molecular weight is 374 g/mol. The van der Waals surface area contributed by atoms with Crippen molar-refractivity contribution in [3.8, 4) is 0 Å². The SMILES string of the molecule is CCc1nc2c(N)nc3cc(CCNSC)ccc3c2n1CC(C)(C)O. The van der Waals surface area contributed by atoms with Gasteiger partial charge in [-0.25, -0.2) is 9.97 Å². The van der Waals surface area contributed by atoms with Crippen LogP contribution in [0, 0.1) is 0 Å². The van der Waals surface area contributed by atoms with Gasteiger partial charge in [-0.1, -0.05) is 31.0 Å². The van der Waals surface area contributed by atoms with E-state index in [-0.39, 0.29) is 0 Å². The maximum atomic E-state index is 10.4. The molecule has 0 radical (unpaired) electrons. The van der Waals surface area contributed by atoms with Gasteiger partial charge in [0.05, 0.1) is 23.2 Å². The second kappa shape index (κ2) is 7.42. The fourth-order valence-electron chi connectivity index (χ4n) is 3.28. The number of aliphatic hydroxyl groups is 1. The molecule has 3 rings (SSSR count). The van der Waals surface area contributed by atoms with E-state index in [2.05, 4.69) is 39.4 Å². The first kappa shape index (κ1) is 18.9. The van der Waals surface area contributed by atoms with E-state index in [1.165, 1.54) is 5.56 Å². The Morgan fingerprint density at radius 3 is 2.73 bits per heavy atom. The second-order valence-electron chi connectivity index (χ2n) is 7.17. The van der Waals surface area contributed by atoms with Crippen molar-refractivity contribution in [3.05, 3.63) is 29.6 Å². The Bertz CT molecular complexity index is 929. The van der Waals surface area contributed by atoms with Crippen LogP contribution in [0.15, 0.2) is 18.2 Å². The minimum absolute atomic E-state index is 0.441. The molecule has 2 aromatic heterocycles. The van der Waals surface area contributed by atoms with Crippen molar-refractivity contribution in [3.63, 3.8) is 0 Å². The summed E-state index contributed by atoms with van der Waals surface area (Å²) in [7, 11) is 0. The van der Waals surface area contributed by atoms with Crippen LogP contribution >= 0.6 is 11.9 Å². The number of fused-ring (bicyclic) bond motifs is 3. The number of nitrogen functional groups attached to an aromatic ring is 1. The third-order valence-electron chi connectivity index (χ3n) is 4.37. The molecule has 0 atom stereocenters. The largest absolute Gasteiger partial charge is 0.389 e. The molecule has 0 spiro atoms. The molecule has 26 heavy (non-hydrogen) atoms. The van der Waals surface area contributed by atoms with Gasteiger partial charge >= 0.3 is 0 Å². The fraction of sp³-hybridized carbons (Fsp3) is 0.474. The molecule has 0 bridgehead atoms. The zero-order valence-electron chi connectivity index (χ0n) is 15.8. The van der Waals surface area contributed by atoms with Gasteiger partial charge in [0.15, 0.2) is 5.82 Å². The van der Waals surface area contributed by atoms with Crippen molar-refractivity contribution < 1.29 is 5.11 Å². The number of nitrogens with two attached hydrogens (primary N) is 1. The van der Waals surface area contributed by atoms with E-state index in [9.17, 15) is 5.11 Å². The third-order valence-corrected chi connectivity index (χ3v) is 4.86. The van der Waals surface area contributed by atoms with Gasteiger partial charge in [-0.2, -0.15) is 0 Å². The van der Waals surface area contributed by atoms with E-state index in [1.54, 1.807) is 11.9 Å². The summed E-state index contributed by atoms with van der Waals surface area (Å²) < 4.78 is 5.35. The van der Waals surface area contributed by atoms with Crippen LogP contribution in [0.5, 0.6) is 0 Å². The van der Waals surface area contributed by atoms with Gasteiger partial charge in [0.2, 0.25) is 0 Å². The Hall–Kier alpha value is -1.83. The van der Waals surface area contributed by atoms with Crippen molar-refractivity contribution in [1.29, 1.82) is 0 Å². The molecule has 0 aliphatic heterocycles. The highest BCUT2D eigenvalue weighted by molar-refractivity contribution is 7.96. The van der Waals surface area contributed by atoms with E-state index in [0.29, 0.717) is 12.4 Å². The van der Waals surface area contributed by atoms with Crippen LogP contribution in [0.1, 0.15) is 32.2 Å². The number of benzene rings is 1. The molecule has 6 nitrogen and oxygen atoms in total. The number of anilines is 1. The average Bonchev–Trinajstić information content (AvgIpc) is 2.92. The quantitative estimate of drug-likeness (QED) is 0.436. The summed E-state index contributed by atoms with van der Waals surface area (Å²) in [6, 6.07) is 6.33. The molecule has 140 valence electrons. The first-order valence-electron chi connectivity index (χ1n) is 8.89. The Labute approximate surface area is 158 Å². The van der Waals surface area contributed by atoms with Gasteiger partial charge in [0, 0.05) is 18.4 Å². The molecule has 3 aromatic rings. The van der Waals surface area contributed by atoms with E-state index < -0.39 is 5.60 Å². The molecule has 0 fully saturated rings. The zero-order chi connectivity index (χ0) is 18.9. The standard InChI is InChI=1S/C19H27N5OS/c1-5-15-23-16-17(24(15)11-19(2,3)25)13-7-6-12(8-9-21-26-4)10-14(13)22-18(16)20/h6-7,10,21,25H,5,8-9,11H2,1-4H3,(H2,20,22). The van der Waals surface area contributed by atoms with Gasteiger partial charge in [-0.15, -0.1) is 0 Å². The van der Waals surface area contributed by atoms with E-state index in [1.807, 2.05) is 20.1 Å². The molecule has 4 N–H and O–H groups in total. The Morgan fingerprint density at radius 2 is 2.08 bits per heavy atom. The van der Waals surface area contributed by atoms with E-state index in [0.717, 1.165) is 47.1 Å². The van der Waals surface area contributed by atoms with Gasteiger partial charge in [0.25, 0.3) is 0 Å². The predicted molar refractivity (Wildman–Crippen MR) is 110 cm³/mol. The lowest BCUT2D eigenvalue weighted by molar-refractivity contribution is 0.0619. The molecule has 0 aliphatic rings. The zero-order valence-corrected chi connectivity index (χ0v) is 16.7. The van der Waals surface area contributed by atoms with Crippen molar-refractivity contribution in [2.45, 2.75) is 45.8 Å². The number of aromatic nitrogens is 3. The number of rotatable bonds is 7. The number of imidazole rings is 1. The van der Waals surface area contributed by atoms with Crippen molar-refractivity contribution in [1.82, 2.24) is 19.3 Å². The highest BCUT2D eigenvalue weighted by Crippen LogP contribution is 2.30. The maximum absolute atomic E-state index is 10.4. The van der Waals surface area contributed by atoms with Crippen LogP contribution in [0.4, 0.5) is 5.82 Å². The first-order chi connectivity index (χ1) is 12.3. The predicted octanol–water partition coefficient (Wildman–Crippen LogP) is 2.91. The fourth-order valence-corrected chi connectivity index (χ4v) is 3.59. The highest BCUT2D eigenvalue weighted by atomic mass is 32.2. The Kier molecular flexibility index (Phi) is 5.41. The third kappa shape index (κ3) is 3.79. The number of pyridine rings is 1. The van der Waals surface area contributed by atoms with Crippen LogP contribution in [-0.2, 0) is 19.4 Å². The summed E-state index contributed by atoms with van der Waals surface area (Å²) >= 11 is 1.62. The highest BCUT2D eigenvalue weighted by Gasteiger charge is 2.21. The van der Waals surface area contributed by atoms with Gasteiger partial charge in [-0.05, 0) is 38.2 Å². The molecule has 0 unspecified atom stereocenters. The summed E-state index contributed by atoms with van der Waals surface area (Å²) in [6.45, 7) is 7.04. The normalized spacial score (nSPS) is 12.3. The number of hydrogen-bond donors (Lipinski definition) is 3. The molecular weight excluding hydrogens is 346 g/mol. The van der Waals surface area contributed by atoms with Gasteiger partial charge < -0.3 is 15.4 Å². The lowest BCUT2D eigenvalue weighted by atomic mass is 10.1. The summed E-state index contributed by atoms with van der Waals surface area (Å²) in [5.74, 6) is 1.35. The smallest absolute Gasteiger partial charge is 0.152 e. The van der Waals surface area contributed by atoms with Gasteiger partial charge in [-0.3, -0.25) is 4.72 Å². The van der Waals surface area contributed by atoms with Gasteiger partial charge in [0.1, 0.15) is 11.3 Å². The maximum Gasteiger partial charge on any atom is 0.152 e. The van der Waals surface area contributed by atoms with Crippen LogP contribution < -0.4 is 10.5 Å². The van der Waals surface area contributed by atoms with E-state index in [4.69, 9.17) is 10.7 Å². The Balaban J connectivity index is 2.18. The van der Waals surface area contributed by atoms with Crippen molar-refractivity contribution in [2.75, 3.05) is 18.5 Å². The minimum Gasteiger partial charge on any atom is -0.389 e. The van der Waals surface area contributed by atoms with E-state index >= 15 is 0 Å². The molecule has 0 saturated carbocycles. The topological polar surface area (TPSA) is 89.0 Å². The summed E-state index contributed by atoms with van der Waals surface area (Å²) in [4.78, 5) is 9.29. The lowest BCUT2D eigenvalue weighted by Crippen LogP contribution is -2.27. The molecule has 2 heterocycles.